The molecule has 1 saturated heterocycles. The predicted octanol–water partition coefficient (Wildman–Crippen LogP) is 1.68. The summed E-state index contributed by atoms with van der Waals surface area (Å²) in [7, 11) is 4.29. The average molecular weight is 233 g/mol. The van der Waals surface area contributed by atoms with E-state index in [9.17, 15) is 0 Å². The third-order valence-corrected chi connectivity index (χ3v) is 3.46. The van der Waals surface area contributed by atoms with Crippen molar-refractivity contribution in [3.05, 3.63) is 29.8 Å². The molecular formula is C14H23N3. The monoisotopic (exact) mass is 233 g/mol. The van der Waals surface area contributed by atoms with Gasteiger partial charge in [0.05, 0.1) is 0 Å². The van der Waals surface area contributed by atoms with E-state index in [0.29, 0.717) is 12.6 Å². The molecule has 1 aromatic carbocycles. The molecule has 2 N–H and O–H groups in total. The molecule has 1 aliphatic heterocycles. The molecule has 0 aliphatic carbocycles. The van der Waals surface area contributed by atoms with Gasteiger partial charge in [0.15, 0.2) is 0 Å². The standard InChI is InChI=1S/C14H23N3/c1-16(2)11-14-4-3-9-17(14)13-7-5-12(10-15)6-8-13/h5-8,14H,3-4,9-11,15H2,1-2H3. The molecule has 0 bridgehead atoms. The van der Waals surface area contributed by atoms with Crippen LogP contribution in [0.1, 0.15) is 18.4 Å². The minimum absolute atomic E-state index is 0.626. The quantitative estimate of drug-likeness (QED) is 0.858. The molecule has 0 amide bonds. The van der Waals surface area contributed by atoms with Crippen molar-refractivity contribution < 1.29 is 0 Å². The first kappa shape index (κ1) is 12.4. The molecule has 1 aliphatic rings. The van der Waals surface area contributed by atoms with Crippen molar-refractivity contribution in [1.29, 1.82) is 0 Å². The van der Waals surface area contributed by atoms with Gasteiger partial charge >= 0.3 is 0 Å². The number of hydrogen-bond acceptors (Lipinski definition) is 3. The van der Waals surface area contributed by atoms with E-state index in [0.717, 1.165) is 6.54 Å². The van der Waals surface area contributed by atoms with Crippen LogP contribution in [0, 0.1) is 0 Å². The van der Waals surface area contributed by atoms with Crippen LogP contribution >= 0.6 is 0 Å². The van der Waals surface area contributed by atoms with Crippen LogP contribution in [-0.4, -0.2) is 38.1 Å². The summed E-state index contributed by atoms with van der Waals surface area (Å²) < 4.78 is 0. The maximum atomic E-state index is 5.63. The number of rotatable bonds is 4. The van der Waals surface area contributed by atoms with Crippen LogP contribution in [0.3, 0.4) is 0 Å². The first-order valence-electron chi connectivity index (χ1n) is 6.41. The van der Waals surface area contributed by atoms with E-state index in [4.69, 9.17) is 5.73 Å². The molecule has 17 heavy (non-hydrogen) atoms. The summed E-state index contributed by atoms with van der Waals surface area (Å²) in [5.74, 6) is 0. The van der Waals surface area contributed by atoms with Gasteiger partial charge in [0, 0.05) is 31.4 Å². The maximum Gasteiger partial charge on any atom is 0.0417 e. The Morgan fingerprint density at radius 1 is 1.29 bits per heavy atom. The fourth-order valence-corrected chi connectivity index (χ4v) is 2.61. The molecule has 0 saturated carbocycles. The van der Waals surface area contributed by atoms with E-state index >= 15 is 0 Å². The summed E-state index contributed by atoms with van der Waals surface area (Å²) in [6, 6.07) is 9.35. The van der Waals surface area contributed by atoms with Gasteiger partial charge in [-0.25, -0.2) is 0 Å². The van der Waals surface area contributed by atoms with Gasteiger partial charge in [0.1, 0.15) is 0 Å². The number of benzene rings is 1. The molecule has 3 heteroatoms. The van der Waals surface area contributed by atoms with Crippen molar-refractivity contribution in [2.45, 2.75) is 25.4 Å². The molecule has 94 valence electrons. The Morgan fingerprint density at radius 2 is 2.00 bits per heavy atom. The van der Waals surface area contributed by atoms with Crippen LogP contribution < -0.4 is 10.6 Å². The van der Waals surface area contributed by atoms with E-state index in [1.165, 1.54) is 30.6 Å². The molecule has 1 heterocycles. The van der Waals surface area contributed by atoms with E-state index in [1.54, 1.807) is 0 Å². The number of nitrogens with zero attached hydrogens (tertiary/aromatic N) is 2. The number of hydrogen-bond donors (Lipinski definition) is 1. The van der Waals surface area contributed by atoms with Gasteiger partial charge in [-0.1, -0.05) is 12.1 Å². The van der Waals surface area contributed by atoms with Gasteiger partial charge in [-0.3, -0.25) is 0 Å². The fourth-order valence-electron chi connectivity index (χ4n) is 2.61. The van der Waals surface area contributed by atoms with Gasteiger partial charge in [-0.15, -0.1) is 0 Å². The topological polar surface area (TPSA) is 32.5 Å². The normalized spacial score (nSPS) is 20.2. The second-order valence-electron chi connectivity index (χ2n) is 5.12. The Hall–Kier alpha value is -1.06. The van der Waals surface area contributed by atoms with Crippen LogP contribution in [0.15, 0.2) is 24.3 Å². The third kappa shape index (κ3) is 2.99. The lowest BCUT2D eigenvalue weighted by Crippen LogP contribution is -2.37. The molecule has 0 aromatic heterocycles. The Kier molecular flexibility index (Phi) is 4.02. The van der Waals surface area contributed by atoms with Crippen LogP contribution in [-0.2, 0) is 6.54 Å². The number of likely N-dealkylation sites (N-methyl/N-ethyl adjacent to an activating group) is 1. The molecule has 1 unspecified atom stereocenters. The second-order valence-corrected chi connectivity index (χ2v) is 5.12. The summed E-state index contributed by atoms with van der Waals surface area (Å²) in [5.41, 5.74) is 8.17. The van der Waals surface area contributed by atoms with E-state index in [2.05, 4.69) is 48.2 Å². The minimum atomic E-state index is 0.626. The fraction of sp³-hybridized carbons (Fsp3) is 0.571. The Labute approximate surface area is 104 Å². The first-order valence-corrected chi connectivity index (χ1v) is 6.41. The van der Waals surface area contributed by atoms with Crippen molar-refractivity contribution in [2.75, 3.05) is 32.1 Å². The number of nitrogens with two attached hydrogens (primary N) is 1. The van der Waals surface area contributed by atoms with Crippen LogP contribution in [0.2, 0.25) is 0 Å². The summed E-state index contributed by atoms with van der Waals surface area (Å²) >= 11 is 0. The molecule has 1 atom stereocenters. The predicted molar refractivity (Wildman–Crippen MR) is 73.3 cm³/mol. The van der Waals surface area contributed by atoms with Crippen molar-refractivity contribution in [3.8, 4) is 0 Å². The molecule has 0 spiro atoms. The van der Waals surface area contributed by atoms with Crippen molar-refractivity contribution >= 4 is 5.69 Å². The van der Waals surface area contributed by atoms with Gasteiger partial charge in [0.25, 0.3) is 0 Å². The molecule has 3 nitrogen and oxygen atoms in total. The minimum Gasteiger partial charge on any atom is -0.367 e. The zero-order valence-electron chi connectivity index (χ0n) is 10.9. The average Bonchev–Trinajstić information content (AvgIpc) is 2.76. The van der Waals surface area contributed by atoms with Gasteiger partial charge in [-0.2, -0.15) is 0 Å². The van der Waals surface area contributed by atoms with Gasteiger partial charge in [-0.05, 0) is 44.6 Å². The molecule has 2 rings (SSSR count). The first-order chi connectivity index (χ1) is 8.20. The largest absolute Gasteiger partial charge is 0.367 e. The van der Waals surface area contributed by atoms with Gasteiger partial charge in [0.2, 0.25) is 0 Å². The second kappa shape index (κ2) is 5.52. The molecule has 0 radical (unpaired) electrons. The lowest BCUT2D eigenvalue weighted by molar-refractivity contribution is 0.372. The van der Waals surface area contributed by atoms with Crippen LogP contribution in [0.5, 0.6) is 0 Å². The van der Waals surface area contributed by atoms with Gasteiger partial charge < -0.3 is 15.5 Å². The number of anilines is 1. The highest BCUT2D eigenvalue weighted by Gasteiger charge is 2.24. The highest BCUT2D eigenvalue weighted by Crippen LogP contribution is 2.26. The lowest BCUT2D eigenvalue weighted by Gasteiger charge is -2.29. The Bertz CT molecular complexity index is 345. The van der Waals surface area contributed by atoms with Crippen LogP contribution in [0.4, 0.5) is 5.69 Å². The SMILES string of the molecule is CN(C)CC1CCCN1c1ccc(CN)cc1. The van der Waals surface area contributed by atoms with E-state index < -0.39 is 0 Å². The lowest BCUT2D eigenvalue weighted by atomic mass is 10.1. The summed E-state index contributed by atoms with van der Waals surface area (Å²) in [5, 5.41) is 0. The highest BCUT2D eigenvalue weighted by atomic mass is 15.2. The van der Waals surface area contributed by atoms with E-state index in [1.807, 2.05) is 0 Å². The van der Waals surface area contributed by atoms with Crippen LogP contribution in [0.25, 0.3) is 0 Å². The summed E-state index contributed by atoms with van der Waals surface area (Å²) in [6.45, 7) is 2.94. The smallest absolute Gasteiger partial charge is 0.0417 e. The summed E-state index contributed by atoms with van der Waals surface area (Å²) in [6.07, 6.45) is 2.61. The third-order valence-electron chi connectivity index (χ3n) is 3.46. The van der Waals surface area contributed by atoms with Crippen molar-refractivity contribution in [1.82, 2.24) is 4.90 Å². The summed E-state index contributed by atoms with van der Waals surface area (Å²) in [4.78, 5) is 4.80. The van der Waals surface area contributed by atoms with Crippen molar-refractivity contribution in [3.63, 3.8) is 0 Å². The maximum absolute atomic E-state index is 5.63. The zero-order valence-corrected chi connectivity index (χ0v) is 10.9. The molecule has 1 aromatic rings. The Morgan fingerprint density at radius 3 is 2.59 bits per heavy atom. The van der Waals surface area contributed by atoms with E-state index in [-0.39, 0.29) is 0 Å². The molecular weight excluding hydrogens is 210 g/mol. The van der Waals surface area contributed by atoms with Crippen molar-refractivity contribution in [2.24, 2.45) is 5.73 Å². The zero-order chi connectivity index (χ0) is 12.3. The molecule has 1 fully saturated rings. The highest BCUT2D eigenvalue weighted by molar-refractivity contribution is 5.49. The Balaban J connectivity index is 2.08.